The summed E-state index contributed by atoms with van der Waals surface area (Å²) in [5.41, 5.74) is 1.12. The molecule has 0 saturated heterocycles. The van der Waals surface area contributed by atoms with Crippen LogP contribution in [0.15, 0.2) is 22.7 Å². The summed E-state index contributed by atoms with van der Waals surface area (Å²) in [6, 6.07) is 5.68. The summed E-state index contributed by atoms with van der Waals surface area (Å²) >= 11 is 3.20. The standard InChI is InChI=1S/C13H20BrFN2/c1-10(2)16-6-7-17(3)9-11-4-5-13(15)12(14)8-11/h4-5,8,10,16H,6-7,9H2,1-3H3. The van der Waals surface area contributed by atoms with Gasteiger partial charge in [-0.15, -0.1) is 0 Å². The molecule has 0 fully saturated rings. The van der Waals surface area contributed by atoms with Crippen molar-refractivity contribution in [1.82, 2.24) is 10.2 Å². The normalized spacial score (nSPS) is 11.5. The Kier molecular flexibility index (Phi) is 6.09. The maximum absolute atomic E-state index is 13.1. The van der Waals surface area contributed by atoms with Crippen LogP contribution in [0.3, 0.4) is 0 Å². The van der Waals surface area contributed by atoms with Gasteiger partial charge in [0.1, 0.15) is 5.82 Å². The highest BCUT2D eigenvalue weighted by Crippen LogP contribution is 2.17. The molecule has 0 heterocycles. The second kappa shape index (κ2) is 7.09. The minimum Gasteiger partial charge on any atom is -0.313 e. The lowest BCUT2D eigenvalue weighted by molar-refractivity contribution is 0.320. The smallest absolute Gasteiger partial charge is 0.137 e. The SMILES string of the molecule is CC(C)NCCN(C)Cc1ccc(F)c(Br)c1. The lowest BCUT2D eigenvalue weighted by atomic mass is 10.2. The predicted molar refractivity (Wildman–Crippen MR) is 73.6 cm³/mol. The molecule has 0 aliphatic heterocycles. The largest absolute Gasteiger partial charge is 0.313 e. The molecule has 0 amide bonds. The van der Waals surface area contributed by atoms with Crippen LogP contribution in [0.4, 0.5) is 4.39 Å². The summed E-state index contributed by atoms with van der Waals surface area (Å²) in [4.78, 5) is 2.22. The second-order valence-corrected chi connectivity index (χ2v) is 5.45. The molecular formula is C13H20BrFN2. The Morgan fingerprint density at radius 2 is 2.12 bits per heavy atom. The molecule has 0 saturated carbocycles. The van der Waals surface area contributed by atoms with E-state index in [1.54, 1.807) is 0 Å². The first-order valence-electron chi connectivity index (χ1n) is 5.85. The van der Waals surface area contributed by atoms with E-state index in [0.29, 0.717) is 10.5 Å². The number of likely N-dealkylation sites (N-methyl/N-ethyl adjacent to an activating group) is 1. The molecule has 0 bridgehead atoms. The first-order chi connectivity index (χ1) is 7.99. The van der Waals surface area contributed by atoms with Crippen molar-refractivity contribution in [3.8, 4) is 0 Å². The number of benzene rings is 1. The highest BCUT2D eigenvalue weighted by Gasteiger charge is 2.04. The Morgan fingerprint density at radius 1 is 1.41 bits per heavy atom. The van der Waals surface area contributed by atoms with Crippen molar-refractivity contribution in [3.05, 3.63) is 34.1 Å². The third kappa shape index (κ3) is 5.61. The highest BCUT2D eigenvalue weighted by molar-refractivity contribution is 9.10. The van der Waals surface area contributed by atoms with Gasteiger partial charge < -0.3 is 10.2 Å². The zero-order valence-electron chi connectivity index (χ0n) is 10.6. The van der Waals surface area contributed by atoms with Gasteiger partial charge in [-0.3, -0.25) is 0 Å². The van der Waals surface area contributed by atoms with Gasteiger partial charge in [0.25, 0.3) is 0 Å². The van der Waals surface area contributed by atoms with Gasteiger partial charge in [-0.2, -0.15) is 0 Å². The van der Waals surface area contributed by atoms with Gasteiger partial charge in [0.15, 0.2) is 0 Å². The summed E-state index contributed by atoms with van der Waals surface area (Å²) in [6.45, 7) is 7.05. The van der Waals surface area contributed by atoms with Crippen molar-refractivity contribution >= 4 is 15.9 Å². The summed E-state index contributed by atoms with van der Waals surface area (Å²) < 4.78 is 13.6. The monoisotopic (exact) mass is 302 g/mol. The summed E-state index contributed by atoms with van der Waals surface area (Å²) in [5, 5.41) is 3.37. The van der Waals surface area contributed by atoms with Crippen LogP contribution >= 0.6 is 15.9 Å². The number of nitrogens with one attached hydrogen (secondary N) is 1. The molecule has 17 heavy (non-hydrogen) atoms. The van der Waals surface area contributed by atoms with Crippen LogP contribution in [0.2, 0.25) is 0 Å². The average Bonchev–Trinajstić information content (AvgIpc) is 2.23. The predicted octanol–water partition coefficient (Wildman–Crippen LogP) is 3.02. The topological polar surface area (TPSA) is 15.3 Å². The average molecular weight is 303 g/mol. The number of nitrogens with zero attached hydrogens (tertiary/aromatic N) is 1. The van der Waals surface area contributed by atoms with Crippen molar-refractivity contribution in [2.75, 3.05) is 20.1 Å². The molecule has 1 N–H and O–H groups in total. The van der Waals surface area contributed by atoms with Gasteiger partial charge >= 0.3 is 0 Å². The maximum Gasteiger partial charge on any atom is 0.137 e. The van der Waals surface area contributed by atoms with Crippen LogP contribution in [-0.2, 0) is 6.54 Å². The fraction of sp³-hybridized carbons (Fsp3) is 0.538. The van der Waals surface area contributed by atoms with Crippen LogP contribution in [0, 0.1) is 5.82 Å². The molecule has 0 aliphatic rings. The van der Waals surface area contributed by atoms with Crippen molar-refractivity contribution in [1.29, 1.82) is 0 Å². The molecule has 0 atom stereocenters. The van der Waals surface area contributed by atoms with E-state index in [9.17, 15) is 4.39 Å². The van der Waals surface area contributed by atoms with Crippen molar-refractivity contribution < 1.29 is 4.39 Å². The Labute approximate surface area is 111 Å². The molecule has 1 aromatic carbocycles. The third-order valence-corrected chi connectivity index (χ3v) is 3.09. The van der Waals surface area contributed by atoms with E-state index >= 15 is 0 Å². The van der Waals surface area contributed by atoms with Crippen LogP contribution in [0.25, 0.3) is 0 Å². The Balaban J connectivity index is 2.39. The fourth-order valence-corrected chi connectivity index (χ4v) is 2.00. The Hall–Kier alpha value is -0.450. The van der Waals surface area contributed by atoms with Crippen LogP contribution in [0.5, 0.6) is 0 Å². The lowest BCUT2D eigenvalue weighted by Gasteiger charge is -2.18. The molecule has 2 nitrogen and oxygen atoms in total. The van der Waals surface area contributed by atoms with Crippen molar-refractivity contribution in [2.45, 2.75) is 26.4 Å². The van der Waals surface area contributed by atoms with E-state index in [4.69, 9.17) is 0 Å². The fourth-order valence-electron chi connectivity index (χ4n) is 1.57. The van der Waals surface area contributed by atoms with Crippen LogP contribution in [-0.4, -0.2) is 31.1 Å². The van der Waals surface area contributed by atoms with E-state index in [-0.39, 0.29) is 5.82 Å². The van der Waals surface area contributed by atoms with E-state index < -0.39 is 0 Å². The number of hydrogen-bond acceptors (Lipinski definition) is 2. The third-order valence-electron chi connectivity index (χ3n) is 2.48. The molecule has 0 radical (unpaired) electrons. The van der Waals surface area contributed by atoms with Gasteiger partial charge in [0.2, 0.25) is 0 Å². The van der Waals surface area contributed by atoms with Gasteiger partial charge in [-0.25, -0.2) is 4.39 Å². The number of halogens is 2. The zero-order valence-corrected chi connectivity index (χ0v) is 12.2. The molecule has 0 aromatic heterocycles. The quantitative estimate of drug-likeness (QED) is 0.869. The molecule has 4 heteroatoms. The Morgan fingerprint density at radius 3 is 2.71 bits per heavy atom. The summed E-state index contributed by atoms with van der Waals surface area (Å²) in [6.07, 6.45) is 0. The van der Waals surface area contributed by atoms with Gasteiger partial charge in [-0.05, 0) is 40.7 Å². The molecule has 1 rings (SSSR count). The molecule has 0 unspecified atom stereocenters. The summed E-state index contributed by atoms with van der Waals surface area (Å²) in [5.74, 6) is -0.210. The molecule has 0 spiro atoms. The van der Waals surface area contributed by atoms with Crippen molar-refractivity contribution in [2.24, 2.45) is 0 Å². The molecule has 0 aliphatic carbocycles. The highest BCUT2D eigenvalue weighted by atomic mass is 79.9. The van der Waals surface area contributed by atoms with E-state index in [1.807, 2.05) is 12.1 Å². The maximum atomic E-state index is 13.1. The second-order valence-electron chi connectivity index (χ2n) is 4.60. The number of rotatable bonds is 6. The summed E-state index contributed by atoms with van der Waals surface area (Å²) in [7, 11) is 2.07. The van der Waals surface area contributed by atoms with E-state index in [0.717, 1.165) is 25.2 Å². The van der Waals surface area contributed by atoms with E-state index in [2.05, 4.69) is 47.0 Å². The first-order valence-corrected chi connectivity index (χ1v) is 6.64. The Bertz CT molecular complexity index is 355. The first kappa shape index (κ1) is 14.6. The van der Waals surface area contributed by atoms with Crippen molar-refractivity contribution in [3.63, 3.8) is 0 Å². The minimum absolute atomic E-state index is 0.210. The van der Waals surface area contributed by atoms with Crippen LogP contribution < -0.4 is 5.32 Å². The van der Waals surface area contributed by atoms with Gasteiger partial charge in [-0.1, -0.05) is 19.9 Å². The number of hydrogen-bond donors (Lipinski definition) is 1. The molecule has 96 valence electrons. The zero-order chi connectivity index (χ0) is 12.8. The van der Waals surface area contributed by atoms with Gasteiger partial charge in [0.05, 0.1) is 4.47 Å². The van der Waals surface area contributed by atoms with E-state index in [1.165, 1.54) is 6.07 Å². The minimum atomic E-state index is -0.210. The molecule has 1 aromatic rings. The molecular weight excluding hydrogens is 283 g/mol. The lowest BCUT2D eigenvalue weighted by Crippen LogP contribution is -2.32. The van der Waals surface area contributed by atoms with Crippen LogP contribution in [0.1, 0.15) is 19.4 Å². The van der Waals surface area contributed by atoms with Gasteiger partial charge in [0, 0.05) is 25.7 Å².